The van der Waals surface area contributed by atoms with E-state index in [-0.39, 0.29) is 37.0 Å². The molecule has 6 heteroatoms. The van der Waals surface area contributed by atoms with Gasteiger partial charge < -0.3 is 20.9 Å². The maximum atomic E-state index is 11.6. The van der Waals surface area contributed by atoms with Gasteiger partial charge in [-0.15, -0.1) is 0 Å². The molecule has 0 spiro atoms. The standard InChI is InChI=1S/C14H26N2O4/c1-4-11(5-2)20-12-6-10(15)7-14(8-12,13(18)19)16-9(3)17/h10-12H,4-8,15H2,1-3H3,(H,16,17)(H,18,19). The predicted molar refractivity (Wildman–Crippen MR) is 75.3 cm³/mol. The van der Waals surface area contributed by atoms with Gasteiger partial charge in [-0.25, -0.2) is 4.79 Å². The van der Waals surface area contributed by atoms with Gasteiger partial charge in [0.1, 0.15) is 5.54 Å². The quantitative estimate of drug-likeness (QED) is 0.677. The number of amides is 1. The van der Waals surface area contributed by atoms with Crippen molar-refractivity contribution in [2.24, 2.45) is 5.73 Å². The molecule has 116 valence electrons. The van der Waals surface area contributed by atoms with Crippen molar-refractivity contribution in [2.75, 3.05) is 0 Å². The van der Waals surface area contributed by atoms with Crippen LogP contribution in [0.5, 0.6) is 0 Å². The number of nitrogens with two attached hydrogens (primary N) is 1. The number of aliphatic carboxylic acids is 1. The van der Waals surface area contributed by atoms with Crippen LogP contribution in [0.2, 0.25) is 0 Å². The summed E-state index contributed by atoms with van der Waals surface area (Å²) in [7, 11) is 0. The normalized spacial score (nSPS) is 30.2. The highest BCUT2D eigenvalue weighted by molar-refractivity contribution is 5.86. The lowest BCUT2D eigenvalue weighted by molar-refractivity contribution is -0.153. The molecule has 3 unspecified atom stereocenters. The van der Waals surface area contributed by atoms with E-state index < -0.39 is 11.5 Å². The Kier molecular flexibility index (Phi) is 5.95. The number of nitrogens with one attached hydrogen (secondary N) is 1. The van der Waals surface area contributed by atoms with Gasteiger partial charge in [0, 0.05) is 19.4 Å². The predicted octanol–water partition coefficient (Wildman–Crippen LogP) is 1.03. The molecule has 0 aromatic rings. The molecular weight excluding hydrogens is 260 g/mol. The number of rotatable bonds is 6. The largest absolute Gasteiger partial charge is 0.480 e. The first-order chi connectivity index (χ1) is 9.32. The molecule has 1 aliphatic rings. The zero-order chi connectivity index (χ0) is 15.3. The molecule has 1 fully saturated rings. The second kappa shape index (κ2) is 7.04. The van der Waals surface area contributed by atoms with Gasteiger partial charge in [0.2, 0.25) is 5.91 Å². The summed E-state index contributed by atoms with van der Waals surface area (Å²) < 4.78 is 5.95. The summed E-state index contributed by atoms with van der Waals surface area (Å²) in [4.78, 5) is 22.9. The number of hydrogen-bond donors (Lipinski definition) is 3. The highest BCUT2D eigenvalue weighted by Gasteiger charge is 2.47. The zero-order valence-corrected chi connectivity index (χ0v) is 12.5. The number of ether oxygens (including phenoxy) is 1. The first kappa shape index (κ1) is 16.9. The van der Waals surface area contributed by atoms with Crippen LogP contribution in [0.4, 0.5) is 0 Å². The fourth-order valence-corrected chi connectivity index (χ4v) is 2.95. The summed E-state index contributed by atoms with van der Waals surface area (Å²) in [6, 6.07) is -0.286. The second-order valence-electron chi connectivity index (χ2n) is 5.67. The molecule has 1 aliphatic carbocycles. The topological polar surface area (TPSA) is 102 Å². The molecule has 0 radical (unpaired) electrons. The Bertz CT molecular complexity index is 357. The van der Waals surface area contributed by atoms with E-state index in [1.807, 2.05) is 13.8 Å². The SMILES string of the molecule is CCC(CC)OC1CC(N)CC(NC(C)=O)(C(=O)O)C1. The van der Waals surface area contributed by atoms with Crippen LogP contribution in [0.25, 0.3) is 0 Å². The Labute approximate surface area is 120 Å². The van der Waals surface area contributed by atoms with Gasteiger partial charge in [0.15, 0.2) is 0 Å². The van der Waals surface area contributed by atoms with Crippen molar-refractivity contribution in [3.05, 3.63) is 0 Å². The van der Waals surface area contributed by atoms with Gasteiger partial charge in [-0.1, -0.05) is 13.8 Å². The Morgan fingerprint density at radius 3 is 2.45 bits per heavy atom. The van der Waals surface area contributed by atoms with Crippen molar-refractivity contribution in [1.29, 1.82) is 0 Å². The summed E-state index contributed by atoms with van der Waals surface area (Å²) in [5, 5.41) is 12.1. The highest BCUT2D eigenvalue weighted by atomic mass is 16.5. The van der Waals surface area contributed by atoms with Gasteiger partial charge in [-0.05, 0) is 25.7 Å². The Hall–Kier alpha value is -1.14. The smallest absolute Gasteiger partial charge is 0.329 e. The molecule has 0 bridgehead atoms. The molecule has 0 aromatic heterocycles. The third-order valence-corrected chi connectivity index (χ3v) is 3.87. The Balaban J connectivity index is 2.86. The molecule has 20 heavy (non-hydrogen) atoms. The molecule has 0 heterocycles. The van der Waals surface area contributed by atoms with E-state index in [2.05, 4.69) is 5.32 Å². The van der Waals surface area contributed by atoms with Crippen molar-refractivity contribution >= 4 is 11.9 Å². The number of carboxylic acids is 1. The van der Waals surface area contributed by atoms with Crippen LogP contribution in [0, 0.1) is 0 Å². The number of carboxylic acid groups (broad SMARTS) is 1. The minimum atomic E-state index is -1.31. The number of carbonyl (C=O) groups excluding carboxylic acids is 1. The Morgan fingerprint density at radius 2 is 2.00 bits per heavy atom. The molecule has 0 saturated heterocycles. The lowest BCUT2D eigenvalue weighted by Crippen LogP contribution is -2.61. The maximum absolute atomic E-state index is 11.6. The molecule has 1 amide bonds. The molecule has 0 aromatic carbocycles. The van der Waals surface area contributed by atoms with Crippen LogP contribution >= 0.6 is 0 Å². The fraction of sp³-hybridized carbons (Fsp3) is 0.857. The Morgan fingerprint density at radius 1 is 1.40 bits per heavy atom. The number of carbonyl (C=O) groups is 2. The fourth-order valence-electron chi connectivity index (χ4n) is 2.95. The minimum absolute atomic E-state index is 0.106. The van der Waals surface area contributed by atoms with Crippen LogP contribution in [0.3, 0.4) is 0 Å². The second-order valence-corrected chi connectivity index (χ2v) is 5.67. The lowest BCUT2D eigenvalue weighted by Gasteiger charge is -2.41. The van der Waals surface area contributed by atoms with Gasteiger partial charge in [-0.2, -0.15) is 0 Å². The van der Waals surface area contributed by atoms with E-state index in [0.29, 0.717) is 6.42 Å². The van der Waals surface area contributed by atoms with Crippen LogP contribution in [0.15, 0.2) is 0 Å². The average molecular weight is 286 g/mol. The molecule has 3 atom stereocenters. The van der Waals surface area contributed by atoms with Gasteiger partial charge in [-0.3, -0.25) is 4.79 Å². The molecule has 6 nitrogen and oxygen atoms in total. The van der Waals surface area contributed by atoms with Crippen molar-refractivity contribution in [3.8, 4) is 0 Å². The minimum Gasteiger partial charge on any atom is -0.480 e. The zero-order valence-electron chi connectivity index (χ0n) is 12.5. The van der Waals surface area contributed by atoms with Gasteiger partial charge in [0.05, 0.1) is 12.2 Å². The summed E-state index contributed by atoms with van der Waals surface area (Å²) in [5.74, 6) is -1.40. The van der Waals surface area contributed by atoms with E-state index in [1.54, 1.807) is 0 Å². The van der Waals surface area contributed by atoms with Crippen LogP contribution in [0.1, 0.15) is 52.9 Å². The summed E-state index contributed by atoms with van der Waals surface area (Å²) in [5.41, 5.74) is 4.67. The molecule has 4 N–H and O–H groups in total. The molecule has 1 saturated carbocycles. The monoisotopic (exact) mass is 286 g/mol. The first-order valence-electron chi connectivity index (χ1n) is 7.26. The van der Waals surface area contributed by atoms with E-state index in [0.717, 1.165) is 12.8 Å². The third kappa shape index (κ3) is 4.18. The lowest BCUT2D eigenvalue weighted by atomic mass is 9.77. The van der Waals surface area contributed by atoms with Crippen molar-refractivity contribution < 1.29 is 19.4 Å². The van der Waals surface area contributed by atoms with Crippen molar-refractivity contribution in [1.82, 2.24) is 5.32 Å². The number of hydrogen-bond acceptors (Lipinski definition) is 4. The highest BCUT2D eigenvalue weighted by Crippen LogP contribution is 2.31. The van der Waals surface area contributed by atoms with E-state index in [1.165, 1.54) is 6.92 Å². The van der Waals surface area contributed by atoms with Crippen LogP contribution < -0.4 is 11.1 Å². The van der Waals surface area contributed by atoms with Crippen molar-refractivity contribution in [3.63, 3.8) is 0 Å². The molecule has 0 aliphatic heterocycles. The first-order valence-corrected chi connectivity index (χ1v) is 7.26. The maximum Gasteiger partial charge on any atom is 0.329 e. The summed E-state index contributed by atoms with van der Waals surface area (Å²) in [6.07, 6.45) is 2.77. The summed E-state index contributed by atoms with van der Waals surface area (Å²) in [6.45, 7) is 5.39. The van der Waals surface area contributed by atoms with Crippen molar-refractivity contribution in [2.45, 2.75) is 76.7 Å². The average Bonchev–Trinajstić information content (AvgIpc) is 2.34. The van der Waals surface area contributed by atoms with E-state index >= 15 is 0 Å². The van der Waals surface area contributed by atoms with E-state index in [9.17, 15) is 14.7 Å². The van der Waals surface area contributed by atoms with Gasteiger partial charge >= 0.3 is 5.97 Å². The third-order valence-electron chi connectivity index (χ3n) is 3.87. The van der Waals surface area contributed by atoms with E-state index in [4.69, 9.17) is 10.5 Å². The van der Waals surface area contributed by atoms with Gasteiger partial charge in [0.25, 0.3) is 0 Å². The van der Waals surface area contributed by atoms with Crippen LogP contribution in [-0.4, -0.2) is 40.8 Å². The molecule has 1 rings (SSSR count). The summed E-state index contributed by atoms with van der Waals surface area (Å²) >= 11 is 0. The molecular formula is C14H26N2O4. The van der Waals surface area contributed by atoms with Crippen LogP contribution in [-0.2, 0) is 14.3 Å².